The highest BCUT2D eigenvalue weighted by molar-refractivity contribution is 8.01. The molecular formula is C24H27ClN2O3S. The Morgan fingerprint density at radius 2 is 1.84 bits per heavy atom. The Balaban J connectivity index is 1.11. The maximum Gasteiger partial charge on any atom is 0.235 e. The third-order valence-electron chi connectivity index (χ3n) is 6.82. The van der Waals surface area contributed by atoms with E-state index < -0.39 is 5.41 Å². The Bertz CT molecular complexity index is 969. The van der Waals surface area contributed by atoms with Crippen LogP contribution in [-0.4, -0.2) is 53.5 Å². The zero-order chi connectivity index (χ0) is 21.5. The van der Waals surface area contributed by atoms with Gasteiger partial charge in [0.25, 0.3) is 0 Å². The fourth-order valence-corrected chi connectivity index (χ4v) is 5.93. The second-order valence-electron chi connectivity index (χ2n) is 8.83. The number of anilines is 1. The fourth-order valence-electron chi connectivity index (χ4n) is 4.62. The van der Waals surface area contributed by atoms with Crippen molar-refractivity contribution in [3.8, 4) is 5.75 Å². The molecule has 1 aliphatic carbocycles. The predicted molar refractivity (Wildman–Crippen MR) is 124 cm³/mol. The average Bonchev–Trinajstić information content (AvgIpc) is 3.51. The van der Waals surface area contributed by atoms with Gasteiger partial charge >= 0.3 is 0 Å². The van der Waals surface area contributed by atoms with Gasteiger partial charge in [0, 0.05) is 26.9 Å². The number of rotatable bonds is 7. The van der Waals surface area contributed by atoms with Gasteiger partial charge in [-0.05, 0) is 86.8 Å². The van der Waals surface area contributed by atoms with Crippen molar-refractivity contribution in [3.63, 3.8) is 0 Å². The maximum atomic E-state index is 12.7. The van der Waals surface area contributed by atoms with E-state index in [-0.39, 0.29) is 17.3 Å². The molecule has 1 saturated heterocycles. The summed E-state index contributed by atoms with van der Waals surface area (Å²) < 4.78 is 6.00. The number of carbonyl (C=O) groups excluding carboxylic acids is 1. The number of hydrogen-bond acceptors (Lipinski definition) is 5. The van der Waals surface area contributed by atoms with Crippen LogP contribution in [0.3, 0.4) is 0 Å². The lowest BCUT2D eigenvalue weighted by molar-refractivity contribution is -0.122. The zero-order valence-electron chi connectivity index (χ0n) is 17.4. The smallest absolute Gasteiger partial charge is 0.235 e. The Hall–Kier alpha value is -1.73. The molecule has 2 N–H and O–H groups in total. The number of halogens is 1. The minimum atomic E-state index is -0.446. The molecule has 164 valence electrons. The number of likely N-dealkylation sites (tertiary alicyclic amines) is 1. The largest absolute Gasteiger partial charge is 0.492 e. The van der Waals surface area contributed by atoms with E-state index in [0.29, 0.717) is 11.6 Å². The number of hydrogen-bond donors (Lipinski definition) is 2. The van der Waals surface area contributed by atoms with Gasteiger partial charge in [-0.2, -0.15) is 0 Å². The molecule has 0 aromatic heterocycles. The van der Waals surface area contributed by atoms with E-state index in [1.807, 2.05) is 30.3 Å². The van der Waals surface area contributed by atoms with E-state index in [0.717, 1.165) is 62.3 Å². The monoisotopic (exact) mass is 458 g/mol. The number of ether oxygens (including phenoxy) is 1. The van der Waals surface area contributed by atoms with E-state index in [1.54, 1.807) is 11.8 Å². The van der Waals surface area contributed by atoms with Crippen LogP contribution in [0.5, 0.6) is 5.75 Å². The van der Waals surface area contributed by atoms with E-state index >= 15 is 0 Å². The molecule has 0 radical (unpaired) electrons. The van der Waals surface area contributed by atoms with Gasteiger partial charge in [-0.3, -0.25) is 9.69 Å². The lowest BCUT2D eigenvalue weighted by Crippen LogP contribution is -2.47. The molecule has 3 aliphatic rings. The van der Waals surface area contributed by atoms with Crippen molar-refractivity contribution in [1.82, 2.24) is 4.90 Å². The minimum Gasteiger partial charge on any atom is -0.492 e. The standard InChI is InChI=1S/C24H27ClN2O3S/c25-17-1-6-21-20(15-17)24(22(29)26-21)9-11-27(12-10-24)13-14-30-18-2-4-19(5-3-18)31-23(16-28)7-8-23/h1-6,15,28H,7-14,16H2,(H,26,29). The second-order valence-corrected chi connectivity index (χ2v) is 10.8. The third-order valence-corrected chi connectivity index (χ3v) is 8.53. The Morgan fingerprint density at radius 1 is 1.10 bits per heavy atom. The number of aliphatic hydroxyl groups is 1. The number of amides is 1. The number of nitrogens with zero attached hydrogens (tertiary/aromatic N) is 1. The number of thioether (sulfide) groups is 1. The van der Waals surface area contributed by atoms with Crippen molar-refractivity contribution < 1.29 is 14.6 Å². The Labute approximate surface area is 192 Å². The van der Waals surface area contributed by atoms with E-state index in [1.165, 1.54) is 4.90 Å². The molecule has 7 heteroatoms. The average molecular weight is 459 g/mol. The molecule has 1 spiro atoms. The molecule has 0 atom stereocenters. The summed E-state index contributed by atoms with van der Waals surface area (Å²) in [6.45, 7) is 3.43. The van der Waals surface area contributed by atoms with Crippen LogP contribution in [0.15, 0.2) is 47.4 Å². The molecule has 5 nitrogen and oxygen atoms in total. The van der Waals surface area contributed by atoms with Crippen LogP contribution in [0, 0.1) is 0 Å². The normalized spacial score (nSPS) is 21.0. The summed E-state index contributed by atoms with van der Waals surface area (Å²) >= 11 is 7.96. The number of aliphatic hydroxyl groups excluding tert-OH is 1. The van der Waals surface area contributed by atoms with Gasteiger partial charge in [0.05, 0.1) is 12.0 Å². The van der Waals surface area contributed by atoms with Crippen LogP contribution in [0.1, 0.15) is 31.2 Å². The van der Waals surface area contributed by atoms with E-state index in [9.17, 15) is 9.90 Å². The molecule has 2 fully saturated rings. The summed E-state index contributed by atoms with van der Waals surface area (Å²) in [6.07, 6.45) is 3.77. The van der Waals surface area contributed by atoms with E-state index in [2.05, 4.69) is 22.3 Å². The van der Waals surface area contributed by atoms with Crippen LogP contribution >= 0.6 is 23.4 Å². The van der Waals surface area contributed by atoms with Crippen LogP contribution in [0.2, 0.25) is 5.02 Å². The van der Waals surface area contributed by atoms with Crippen LogP contribution < -0.4 is 10.1 Å². The molecule has 31 heavy (non-hydrogen) atoms. The summed E-state index contributed by atoms with van der Waals surface area (Å²) in [6, 6.07) is 13.8. The van der Waals surface area contributed by atoms with Crippen LogP contribution in [-0.2, 0) is 10.2 Å². The molecule has 2 heterocycles. The molecule has 2 aromatic rings. The first-order valence-electron chi connectivity index (χ1n) is 10.9. The highest BCUT2D eigenvalue weighted by atomic mass is 35.5. The molecule has 2 aliphatic heterocycles. The summed E-state index contributed by atoms with van der Waals surface area (Å²) in [7, 11) is 0. The van der Waals surface area contributed by atoms with Gasteiger partial charge in [-0.15, -0.1) is 11.8 Å². The first kappa shape index (κ1) is 21.1. The van der Waals surface area contributed by atoms with Crippen molar-refractivity contribution >= 4 is 35.0 Å². The molecule has 5 rings (SSSR count). The Kier molecular flexibility index (Phi) is 5.67. The zero-order valence-corrected chi connectivity index (χ0v) is 19.0. The summed E-state index contributed by atoms with van der Waals surface area (Å²) in [5.41, 5.74) is 1.51. The van der Waals surface area contributed by atoms with Gasteiger partial charge in [0.2, 0.25) is 5.91 Å². The fraction of sp³-hybridized carbons (Fsp3) is 0.458. The number of piperidine rings is 1. The maximum absolute atomic E-state index is 12.7. The highest BCUT2D eigenvalue weighted by Gasteiger charge is 2.48. The van der Waals surface area contributed by atoms with Crippen molar-refractivity contribution in [2.24, 2.45) is 0 Å². The summed E-state index contributed by atoms with van der Waals surface area (Å²) in [5, 5.41) is 13.2. The molecule has 1 amide bonds. The first-order valence-corrected chi connectivity index (χ1v) is 12.1. The number of nitrogens with one attached hydrogen (secondary N) is 1. The summed E-state index contributed by atoms with van der Waals surface area (Å²) in [4.78, 5) is 16.3. The van der Waals surface area contributed by atoms with Gasteiger partial charge in [0.1, 0.15) is 12.4 Å². The quantitative estimate of drug-likeness (QED) is 0.647. The third kappa shape index (κ3) is 4.19. The molecule has 0 bridgehead atoms. The number of carbonyl (C=O) groups is 1. The molecular weight excluding hydrogens is 432 g/mol. The van der Waals surface area contributed by atoms with Crippen molar-refractivity contribution in [1.29, 1.82) is 0 Å². The van der Waals surface area contributed by atoms with Crippen LogP contribution in [0.4, 0.5) is 5.69 Å². The first-order chi connectivity index (χ1) is 15.0. The molecule has 2 aromatic carbocycles. The number of benzene rings is 2. The van der Waals surface area contributed by atoms with Crippen molar-refractivity contribution in [2.45, 2.75) is 40.7 Å². The Morgan fingerprint density at radius 3 is 2.52 bits per heavy atom. The highest BCUT2D eigenvalue weighted by Crippen LogP contribution is 2.51. The second kappa shape index (κ2) is 8.32. The predicted octanol–water partition coefficient (Wildman–Crippen LogP) is 4.32. The van der Waals surface area contributed by atoms with E-state index in [4.69, 9.17) is 16.3 Å². The van der Waals surface area contributed by atoms with Gasteiger partial charge in [-0.25, -0.2) is 0 Å². The lowest BCUT2D eigenvalue weighted by Gasteiger charge is -2.37. The van der Waals surface area contributed by atoms with Gasteiger partial charge in [-0.1, -0.05) is 11.6 Å². The summed E-state index contributed by atoms with van der Waals surface area (Å²) in [5.74, 6) is 0.971. The van der Waals surface area contributed by atoms with Crippen molar-refractivity contribution in [2.75, 3.05) is 38.2 Å². The number of fused-ring (bicyclic) bond motifs is 2. The molecule has 0 unspecified atom stereocenters. The van der Waals surface area contributed by atoms with Gasteiger partial charge in [0.15, 0.2) is 0 Å². The van der Waals surface area contributed by atoms with Gasteiger partial charge < -0.3 is 15.2 Å². The van der Waals surface area contributed by atoms with Crippen LogP contribution in [0.25, 0.3) is 0 Å². The molecule has 1 saturated carbocycles. The SMILES string of the molecule is O=C1Nc2ccc(Cl)cc2C12CCN(CCOc1ccc(SC3(CO)CC3)cc1)CC2. The van der Waals surface area contributed by atoms with Crippen molar-refractivity contribution in [3.05, 3.63) is 53.1 Å². The topological polar surface area (TPSA) is 61.8 Å². The lowest BCUT2D eigenvalue weighted by atomic mass is 9.73. The minimum absolute atomic E-state index is 0.0517.